The molecule has 6 heteroatoms. The summed E-state index contributed by atoms with van der Waals surface area (Å²) in [5, 5.41) is 8.27. The minimum atomic E-state index is -0.486. The van der Waals surface area contributed by atoms with E-state index in [1.807, 2.05) is 48.5 Å². The summed E-state index contributed by atoms with van der Waals surface area (Å²) in [5.41, 5.74) is 3.13. The molecule has 1 aliphatic carbocycles. The van der Waals surface area contributed by atoms with Gasteiger partial charge in [-0.3, -0.25) is 10.1 Å². The van der Waals surface area contributed by atoms with Crippen LogP contribution in [-0.2, 0) is 17.9 Å². The number of anilines is 1. The van der Waals surface area contributed by atoms with Crippen LogP contribution in [0, 0.1) is 0 Å². The topological polar surface area (TPSA) is 74.7 Å². The third-order valence-corrected chi connectivity index (χ3v) is 5.78. The molecule has 0 radical (unpaired) electrons. The zero-order valence-electron chi connectivity index (χ0n) is 17.7. The maximum absolute atomic E-state index is 12.2. The van der Waals surface area contributed by atoms with Gasteiger partial charge < -0.3 is 15.5 Å². The van der Waals surface area contributed by atoms with Crippen molar-refractivity contribution < 1.29 is 14.5 Å². The van der Waals surface area contributed by atoms with E-state index >= 15 is 0 Å². The van der Waals surface area contributed by atoms with E-state index in [1.54, 1.807) is 0 Å². The molecule has 3 amide bonds. The Balaban J connectivity index is 1.45. The minimum absolute atomic E-state index is 0.0538. The molecule has 1 saturated carbocycles. The van der Waals surface area contributed by atoms with Crippen LogP contribution in [-0.4, -0.2) is 31.6 Å². The van der Waals surface area contributed by atoms with Crippen molar-refractivity contribution in [3.8, 4) is 0 Å². The highest BCUT2D eigenvalue weighted by Gasteiger charge is 2.22. The molecule has 6 nitrogen and oxygen atoms in total. The van der Waals surface area contributed by atoms with Gasteiger partial charge in [0.15, 0.2) is 0 Å². The summed E-state index contributed by atoms with van der Waals surface area (Å²) in [4.78, 5) is 25.7. The van der Waals surface area contributed by atoms with Gasteiger partial charge in [0.1, 0.15) is 6.54 Å². The van der Waals surface area contributed by atoms with Crippen LogP contribution in [0.4, 0.5) is 10.5 Å². The van der Waals surface area contributed by atoms with E-state index in [2.05, 4.69) is 29.1 Å². The first-order chi connectivity index (χ1) is 14.6. The van der Waals surface area contributed by atoms with Crippen LogP contribution in [0.3, 0.4) is 0 Å². The van der Waals surface area contributed by atoms with Crippen LogP contribution < -0.4 is 20.9 Å². The Kier molecular flexibility index (Phi) is 8.27. The van der Waals surface area contributed by atoms with Crippen molar-refractivity contribution in [1.29, 1.82) is 0 Å². The predicted molar refractivity (Wildman–Crippen MR) is 119 cm³/mol. The number of nitrogens with one attached hydrogen (secondary N) is 4. The molecule has 1 fully saturated rings. The van der Waals surface area contributed by atoms with Crippen LogP contribution >= 0.6 is 0 Å². The van der Waals surface area contributed by atoms with E-state index in [9.17, 15) is 9.59 Å². The van der Waals surface area contributed by atoms with Crippen LogP contribution in [0.5, 0.6) is 0 Å². The smallest absolute Gasteiger partial charge is 0.321 e. The summed E-state index contributed by atoms with van der Waals surface area (Å²) < 4.78 is 0. The van der Waals surface area contributed by atoms with Crippen molar-refractivity contribution in [3.63, 3.8) is 0 Å². The average Bonchev–Trinajstić information content (AvgIpc) is 2.78. The quantitative estimate of drug-likeness (QED) is 0.541. The summed E-state index contributed by atoms with van der Waals surface area (Å²) >= 11 is 0. The van der Waals surface area contributed by atoms with Crippen molar-refractivity contribution in [2.45, 2.75) is 51.2 Å². The second kappa shape index (κ2) is 11.4. The van der Waals surface area contributed by atoms with Crippen molar-refractivity contribution in [1.82, 2.24) is 10.6 Å². The Labute approximate surface area is 179 Å². The molecule has 30 heavy (non-hydrogen) atoms. The number of urea groups is 1. The van der Waals surface area contributed by atoms with Gasteiger partial charge in [0.05, 0.1) is 19.6 Å². The number of carbonyl (C=O) groups is 2. The Hall–Kier alpha value is -2.86. The number of hydrogen-bond donors (Lipinski definition) is 4. The van der Waals surface area contributed by atoms with Crippen molar-refractivity contribution in [2.75, 3.05) is 18.9 Å². The fourth-order valence-electron chi connectivity index (χ4n) is 4.06. The largest absolute Gasteiger partial charge is 0.376 e. The van der Waals surface area contributed by atoms with E-state index in [1.165, 1.54) is 42.6 Å². The van der Waals surface area contributed by atoms with Gasteiger partial charge in [-0.1, -0.05) is 55.0 Å². The lowest BCUT2D eigenvalue weighted by atomic mass is 9.94. The normalized spacial score (nSPS) is 15.2. The molecule has 0 aliphatic heterocycles. The standard InChI is InChI=1S/C24H32N4O2/c1-28(21-13-6-3-7-14-21)18-20-12-8-9-15-22(20)25-17-23(29)27-24(30)26-16-19-10-4-2-5-11-19/h2,4-5,8-12,15,21,25H,3,6-7,13-14,16-18H2,1H3,(H2,26,27,29,30)/p+1. The molecule has 0 saturated heterocycles. The fraction of sp³-hybridized carbons (Fsp3) is 0.417. The van der Waals surface area contributed by atoms with E-state index in [4.69, 9.17) is 0 Å². The first-order valence-corrected chi connectivity index (χ1v) is 10.9. The molecule has 4 N–H and O–H groups in total. The monoisotopic (exact) mass is 409 g/mol. The first kappa shape index (κ1) is 21.8. The lowest BCUT2D eigenvalue weighted by molar-refractivity contribution is -0.921. The van der Waals surface area contributed by atoms with Crippen molar-refractivity contribution in [2.24, 2.45) is 0 Å². The molecule has 2 aromatic rings. The molecule has 3 rings (SSSR count). The van der Waals surface area contributed by atoms with Crippen LogP contribution in [0.25, 0.3) is 0 Å². The summed E-state index contributed by atoms with van der Waals surface area (Å²) in [7, 11) is 2.26. The number of quaternary nitrogens is 1. The number of carbonyl (C=O) groups excluding carboxylic acids is 2. The first-order valence-electron chi connectivity index (χ1n) is 10.9. The van der Waals surface area contributed by atoms with Gasteiger partial charge in [-0.15, -0.1) is 0 Å². The zero-order valence-corrected chi connectivity index (χ0v) is 17.7. The van der Waals surface area contributed by atoms with Gasteiger partial charge in [0.2, 0.25) is 5.91 Å². The van der Waals surface area contributed by atoms with Gasteiger partial charge >= 0.3 is 6.03 Å². The van der Waals surface area contributed by atoms with Crippen LogP contribution in [0.2, 0.25) is 0 Å². The highest BCUT2D eigenvalue weighted by atomic mass is 16.2. The number of para-hydroxylation sites is 1. The van der Waals surface area contributed by atoms with E-state index in [0.29, 0.717) is 12.6 Å². The molecule has 0 aromatic heterocycles. The summed E-state index contributed by atoms with van der Waals surface area (Å²) in [5.74, 6) is -0.358. The molecule has 1 atom stereocenters. The van der Waals surface area contributed by atoms with E-state index in [-0.39, 0.29) is 12.5 Å². The Morgan fingerprint density at radius 1 is 0.967 bits per heavy atom. The van der Waals surface area contributed by atoms with Gasteiger partial charge in [-0.05, 0) is 37.3 Å². The Morgan fingerprint density at radius 2 is 1.67 bits per heavy atom. The number of imide groups is 1. The van der Waals surface area contributed by atoms with Crippen molar-refractivity contribution >= 4 is 17.6 Å². The number of rotatable bonds is 8. The van der Waals surface area contributed by atoms with Crippen LogP contribution in [0.1, 0.15) is 43.2 Å². The van der Waals surface area contributed by atoms with Gasteiger partial charge in [-0.2, -0.15) is 0 Å². The second-order valence-electron chi connectivity index (χ2n) is 8.09. The zero-order chi connectivity index (χ0) is 21.2. The molecule has 2 aromatic carbocycles. The minimum Gasteiger partial charge on any atom is -0.376 e. The van der Waals surface area contributed by atoms with Gasteiger partial charge in [0.25, 0.3) is 0 Å². The van der Waals surface area contributed by atoms with Crippen LogP contribution in [0.15, 0.2) is 54.6 Å². The third-order valence-electron chi connectivity index (χ3n) is 5.78. The SMILES string of the molecule is C[NH+](Cc1ccccc1NCC(=O)NC(=O)NCc1ccccc1)C1CCCCC1. The summed E-state index contributed by atoms with van der Waals surface area (Å²) in [6.07, 6.45) is 6.60. The summed E-state index contributed by atoms with van der Waals surface area (Å²) in [6, 6.07) is 17.9. The number of benzene rings is 2. The number of amides is 3. The molecule has 0 bridgehead atoms. The molecule has 1 aliphatic rings. The number of hydrogen-bond acceptors (Lipinski definition) is 3. The maximum atomic E-state index is 12.2. The molecular formula is C24H33N4O2+. The molecule has 1 unspecified atom stereocenters. The van der Waals surface area contributed by atoms with Crippen molar-refractivity contribution in [3.05, 3.63) is 65.7 Å². The lowest BCUT2D eigenvalue weighted by Gasteiger charge is -2.28. The third kappa shape index (κ3) is 6.88. The van der Waals surface area contributed by atoms with E-state index < -0.39 is 6.03 Å². The highest BCUT2D eigenvalue weighted by molar-refractivity contribution is 5.96. The fourth-order valence-corrected chi connectivity index (χ4v) is 4.06. The Morgan fingerprint density at radius 3 is 2.43 bits per heavy atom. The second-order valence-corrected chi connectivity index (χ2v) is 8.09. The Bertz CT molecular complexity index is 819. The molecule has 0 spiro atoms. The lowest BCUT2D eigenvalue weighted by Crippen LogP contribution is -3.11. The predicted octanol–water partition coefficient (Wildman–Crippen LogP) is 2.47. The van der Waals surface area contributed by atoms with E-state index in [0.717, 1.165) is 17.8 Å². The van der Waals surface area contributed by atoms with Gasteiger partial charge in [0, 0.05) is 17.8 Å². The molecule has 0 heterocycles. The maximum Gasteiger partial charge on any atom is 0.321 e. The summed E-state index contributed by atoms with van der Waals surface area (Å²) in [6.45, 7) is 1.36. The average molecular weight is 410 g/mol. The highest BCUT2D eigenvalue weighted by Crippen LogP contribution is 2.17. The molecule has 160 valence electrons. The molecular weight excluding hydrogens is 376 g/mol. The van der Waals surface area contributed by atoms with Gasteiger partial charge in [-0.25, -0.2) is 4.79 Å².